The topological polar surface area (TPSA) is 49.7 Å². The van der Waals surface area contributed by atoms with E-state index < -0.39 is 9.84 Å². The van der Waals surface area contributed by atoms with E-state index in [4.69, 9.17) is 4.99 Å². The largest absolute Gasteiger partial charge is 0.315 e. The predicted molar refractivity (Wildman–Crippen MR) is 110 cm³/mol. The molecule has 142 valence electrons. The molecule has 0 N–H and O–H groups in total. The first-order valence-corrected chi connectivity index (χ1v) is 11.6. The summed E-state index contributed by atoms with van der Waals surface area (Å²) in [5, 5.41) is 0.816. The van der Waals surface area contributed by atoms with E-state index in [1.807, 2.05) is 32.0 Å². The number of hydrogen-bond donors (Lipinski definition) is 0. The zero-order valence-electron chi connectivity index (χ0n) is 15.2. The van der Waals surface area contributed by atoms with Gasteiger partial charge in [0.15, 0.2) is 15.0 Å². The van der Waals surface area contributed by atoms with Crippen LogP contribution in [-0.2, 0) is 15.6 Å². The lowest BCUT2D eigenvalue weighted by atomic mass is 10.1. The fraction of sp³-hybridized carbons (Fsp3) is 0.350. The van der Waals surface area contributed by atoms with Crippen LogP contribution in [-0.4, -0.2) is 37.2 Å². The van der Waals surface area contributed by atoms with Crippen LogP contribution in [0.25, 0.3) is 0 Å². The summed E-state index contributed by atoms with van der Waals surface area (Å²) in [5.74, 6) is 0.557. The third kappa shape index (κ3) is 3.75. The maximum absolute atomic E-state index is 13.5. The Morgan fingerprint density at radius 3 is 2.74 bits per heavy atom. The van der Waals surface area contributed by atoms with Crippen LogP contribution in [0.4, 0.5) is 10.1 Å². The molecule has 2 aliphatic heterocycles. The summed E-state index contributed by atoms with van der Waals surface area (Å²) in [5.41, 5.74) is 4.14. The van der Waals surface area contributed by atoms with Crippen molar-refractivity contribution in [3.8, 4) is 0 Å². The molecule has 2 aromatic carbocycles. The molecule has 4 rings (SSSR count). The highest BCUT2D eigenvalue weighted by Crippen LogP contribution is 2.37. The van der Waals surface area contributed by atoms with Crippen molar-refractivity contribution >= 4 is 32.5 Å². The van der Waals surface area contributed by atoms with Crippen molar-refractivity contribution in [2.75, 3.05) is 16.4 Å². The second kappa shape index (κ2) is 6.95. The Morgan fingerprint density at radius 2 is 2.00 bits per heavy atom. The van der Waals surface area contributed by atoms with Crippen molar-refractivity contribution in [1.29, 1.82) is 0 Å². The van der Waals surface area contributed by atoms with Gasteiger partial charge in [-0.1, -0.05) is 41.6 Å². The Balaban J connectivity index is 1.65. The highest BCUT2D eigenvalue weighted by molar-refractivity contribution is 8.13. The molecule has 0 spiro atoms. The summed E-state index contributed by atoms with van der Waals surface area (Å²) in [7, 11) is -3.07. The predicted octanol–water partition coefficient (Wildman–Crippen LogP) is 3.72. The molecular weight excluding hydrogens is 383 g/mol. The summed E-state index contributed by atoms with van der Waals surface area (Å²) in [6.07, 6.45) is 0. The van der Waals surface area contributed by atoms with Crippen LogP contribution in [0.5, 0.6) is 0 Å². The van der Waals surface area contributed by atoms with Crippen LogP contribution >= 0.6 is 11.8 Å². The average molecular weight is 405 g/mol. The van der Waals surface area contributed by atoms with Gasteiger partial charge in [-0.05, 0) is 43.2 Å². The number of aryl methyl sites for hydroxylation is 2. The highest BCUT2D eigenvalue weighted by atomic mass is 32.2. The van der Waals surface area contributed by atoms with Crippen LogP contribution in [0.1, 0.15) is 16.7 Å². The number of amidine groups is 1. The second-order valence-corrected chi connectivity index (χ2v) is 10.3. The molecule has 0 radical (unpaired) electrons. The lowest BCUT2D eigenvalue weighted by Gasteiger charge is -2.28. The smallest absolute Gasteiger partial charge is 0.164 e. The van der Waals surface area contributed by atoms with Gasteiger partial charge in [-0.25, -0.2) is 12.8 Å². The average Bonchev–Trinajstić information content (AvgIpc) is 3.05. The SMILES string of the molecule is Cc1ccc(N2C(SCc3cccc(F)c3)=N[C@H]3CS(=O)(=O)C[C@@H]32)c(C)c1. The number of rotatable bonds is 3. The standard InChI is InChI=1S/C20H21FN2O2S2/c1-13-6-7-18(14(2)8-13)23-19-12-27(24,25)11-17(19)22-20(23)26-10-15-4-3-5-16(21)9-15/h3-9,17,19H,10-12H2,1-2H3/t17-,19-/m0/s1. The molecule has 2 atom stereocenters. The second-order valence-electron chi connectivity index (χ2n) is 7.20. The van der Waals surface area contributed by atoms with E-state index in [1.54, 1.807) is 6.07 Å². The van der Waals surface area contributed by atoms with E-state index in [2.05, 4.69) is 11.0 Å². The minimum absolute atomic E-state index is 0.100. The molecule has 0 saturated carbocycles. The van der Waals surface area contributed by atoms with Crippen LogP contribution in [0, 0.1) is 19.7 Å². The molecule has 2 aliphatic rings. The summed E-state index contributed by atoms with van der Waals surface area (Å²) in [6.45, 7) is 4.07. The molecule has 0 unspecified atom stereocenters. The first-order chi connectivity index (χ1) is 12.8. The van der Waals surface area contributed by atoms with Crippen molar-refractivity contribution in [3.05, 3.63) is 65.0 Å². The third-order valence-electron chi connectivity index (χ3n) is 4.98. The van der Waals surface area contributed by atoms with Crippen molar-refractivity contribution < 1.29 is 12.8 Å². The quantitative estimate of drug-likeness (QED) is 0.782. The van der Waals surface area contributed by atoms with Crippen molar-refractivity contribution in [2.24, 2.45) is 4.99 Å². The summed E-state index contributed by atoms with van der Waals surface area (Å²) >= 11 is 1.53. The van der Waals surface area contributed by atoms with Gasteiger partial charge in [0.1, 0.15) is 5.82 Å². The lowest BCUT2D eigenvalue weighted by molar-refractivity contribution is 0.601. The molecule has 0 aliphatic carbocycles. The van der Waals surface area contributed by atoms with Gasteiger partial charge in [0.25, 0.3) is 0 Å². The van der Waals surface area contributed by atoms with Crippen molar-refractivity contribution in [2.45, 2.75) is 31.7 Å². The van der Waals surface area contributed by atoms with E-state index in [1.165, 1.54) is 23.9 Å². The van der Waals surface area contributed by atoms with Crippen LogP contribution in [0.3, 0.4) is 0 Å². The van der Waals surface area contributed by atoms with Crippen molar-refractivity contribution in [3.63, 3.8) is 0 Å². The fourth-order valence-electron chi connectivity index (χ4n) is 3.77. The van der Waals surface area contributed by atoms with E-state index in [0.29, 0.717) is 5.75 Å². The highest BCUT2D eigenvalue weighted by Gasteiger charge is 2.47. The number of hydrogen-bond acceptors (Lipinski definition) is 5. The maximum Gasteiger partial charge on any atom is 0.164 e. The number of halogens is 1. The number of thioether (sulfide) groups is 1. The first kappa shape index (κ1) is 18.5. The molecule has 4 nitrogen and oxygen atoms in total. The zero-order chi connectivity index (χ0) is 19.2. The molecule has 7 heteroatoms. The Morgan fingerprint density at radius 1 is 1.19 bits per heavy atom. The molecule has 2 aromatic rings. The molecule has 0 bridgehead atoms. The van der Waals surface area contributed by atoms with Gasteiger partial charge in [0, 0.05) is 11.4 Å². The maximum atomic E-state index is 13.5. The lowest BCUT2D eigenvalue weighted by Crippen LogP contribution is -2.39. The molecule has 1 saturated heterocycles. The van der Waals surface area contributed by atoms with E-state index in [0.717, 1.165) is 27.5 Å². The number of aliphatic imine (C=N–C) groups is 1. The van der Waals surface area contributed by atoms with Crippen molar-refractivity contribution in [1.82, 2.24) is 0 Å². The molecule has 0 amide bonds. The van der Waals surface area contributed by atoms with Gasteiger partial charge in [-0.2, -0.15) is 0 Å². The van der Waals surface area contributed by atoms with Crippen LogP contribution in [0.2, 0.25) is 0 Å². The minimum atomic E-state index is -3.07. The van der Waals surface area contributed by atoms with Gasteiger partial charge < -0.3 is 4.90 Å². The molecule has 27 heavy (non-hydrogen) atoms. The number of sulfone groups is 1. The Labute approximate surface area is 163 Å². The molecular formula is C20H21FN2O2S2. The number of anilines is 1. The Bertz CT molecular complexity index is 1020. The van der Waals surface area contributed by atoms with Gasteiger partial charge in [-0.15, -0.1) is 0 Å². The van der Waals surface area contributed by atoms with Gasteiger partial charge >= 0.3 is 0 Å². The number of nitrogens with zero attached hydrogens (tertiary/aromatic N) is 2. The first-order valence-electron chi connectivity index (χ1n) is 8.84. The van der Waals surface area contributed by atoms with E-state index in [9.17, 15) is 12.8 Å². The molecule has 2 heterocycles. The van der Waals surface area contributed by atoms with Crippen LogP contribution in [0.15, 0.2) is 47.5 Å². The number of benzene rings is 2. The normalized spacial score (nSPS) is 23.4. The number of fused-ring (bicyclic) bond motifs is 1. The Kier molecular flexibility index (Phi) is 4.76. The molecule has 1 fully saturated rings. The summed E-state index contributed by atoms with van der Waals surface area (Å²) < 4.78 is 37.7. The summed E-state index contributed by atoms with van der Waals surface area (Å²) in [6, 6.07) is 12.3. The summed E-state index contributed by atoms with van der Waals surface area (Å²) in [4.78, 5) is 6.81. The van der Waals surface area contributed by atoms with Gasteiger partial charge in [-0.3, -0.25) is 4.99 Å². The van der Waals surface area contributed by atoms with Crippen LogP contribution < -0.4 is 4.90 Å². The Hall–Kier alpha value is -1.86. The fourth-order valence-corrected chi connectivity index (χ4v) is 6.67. The van der Waals surface area contributed by atoms with Gasteiger partial charge in [0.05, 0.1) is 23.6 Å². The monoisotopic (exact) mass is 404 g/mol. The zero-order valence-corrected chi connectivity index (χ0v) is 16.9. The van der Waals surface area contributed by atoms with Gasteiger partial charge in [0.2, 0.25) is 0 Å². The molecule has 0 aromatic heterocycles. The third-order valence-corrected chi connectivity index (χ3v) is 7.71. The minimum Gasteiger partial charge on any atom is -0.315 e. The van der Waals surface area contributed by atoms with E-state index >= 15 is 0 Å². The van der Waals surface area contributed by atoms with E-state index in [-0.39, 0.29) is 29.4 Å².